The topological polar surface area (TPSA) is 82.6 Å². The molecule has 0 unspecified atom stereocenters. The molecule has 0 atom stereocenters. The summed E-state index contributed by atoms with van der Waals surface area (Å²) in [7, 11) is -1.72. The number of thiazole rings is 1. The van der Waals surface area contributed by atoms with Gasteiger partial charge in [-0.25, -0.2) is 17.8 Å². The van der Waals surface area contributed by atoms with Crippen molar-refractivity contribution in [3.63, 3.8) is 0 Å². The Kier molecular flexibility index (Phi) is 6.38. The van der Waals surface area contributed by atoms with Crippen LogP contribution in [0.5, 0.6) is 0 Å². The Bertz CT molecular complexity index is 1230. The van der Waals surface area contributed by atoms with Gasteiger partial charge >= 0.3 is 0 Å². The van der Waals surface area contributed by atoms with E-state index in [-0.39, 0.29) is 16.3 Å². The summed E-state index contributed by atoms with van der Waals surface area (Å²) in [5.41, 5.74) is 1.65. The minimum Gasteiger partial charge on any atom is -0.304 e. The first kappa shape index (κ1) is 22.5. The molecule has 0 saturated carbocycles. The molecule has 1 aromatic heterocycles. The van der Waals surface area contributed by atoms with E-state index in [9.17, 15) is 17.6 Å². The van der Waals surface area contributed by atoms with Crippen molar-refractivity contribution in [2.75, 3.05) is 38.5 Å². The number of hydrogen-bond acceptors (Lipinski definition) is 6. The summed E-state index contributed by atoms with van der Waals surface area (Å²) < 4.78 is 40.6. The predicted molar refractivity (Wildman–Crippen MR) is 123 cm³/mol. The van der Waals surface area contributed by atoms with E-state index in [4.69, 9.17) is 0 Å². The first-order valence-electron chi connectivity index (χ1n) is 10.1. The van der Waals surface area contributed by atoms with E-state index < -0.39 is 15.9 Å². The summed E-state index contributed by atoms with van der Waals surface area (Å²) >= 11 is 1.30. The molecule has 1 aliphatic heterocycles. The molecule has 1 fully saturated rings. The standard InChI is InChI=1S/C22H23FN4O3S2/c1-15-20(16-6-8-18(23)9-7-16)24-22(31-15)25-21(28)17-4-3-5-19(14-17)32(29,30)27-12-10-26(2)11-13-27/h3-9,14H,10-13H2,1-2H3,(H,24,25,28). The van der Waals surface area contributed by atoms with Crippen LogP contribution in [0, 0.1) is 12.7 Å². The van der Waals surface area contributed by atoms with E-state index in [0.717, 1.165) is 10.4 Å². The summed E-state index contributed by atoms with van der Waals surface area (Å²) in [6.07, 6.45) is 0. The van der Waals surface area contributed by atoms with Gasteiger partial charge in [-0.15, -0.1) is 11.3 Å². The number of piperazine rings is 1. The Balaban J connectivity index is 1.52. The number of nitrogens with zero attached hydrogens (tertiary/aromatic N) is 3. The highest BCUT2D eigenvalue weighted by atomic mass is 32.2. The van der Waals surface area contributed by atoms with E-state index in [2.05, 4.69) is 15.2 Å². The van der Waals surface area contributed by atoms with Crippen molar-refractivity contribution in [3.05, 3.63) is 64.8 Å². The van der Waals surface area contributed by atoms with E-state index in [1.165, 1.54) is 39.9 Å². The summed E-state index contributed by atoms with van der Waals surface area (Å²) in [5, 5.41) is 3.13. The van der Waals surface area contributed by atoms with Crippen LogP contribution in [-0.2, 0) is 10.0 Å². The highest BCUT2D eigenvalue weighted by Crippen LogP contribution is 2.31. The minimum atomic E-state index is -3.67. The van der Waals surface area contributed by atoms with Gasteiger partial charge in [0.1, 0.15) is 5.82 Å². The number of sulfonamides is 1. The Morgan fingerprint density at radius 3 is 2.47 bits per heavy atom. The molecule has 0 bridgehead atoms. The maximum atomic E-state index is 13.2. The first-order chi connectivity index (χ1) is 15.2. The monoisotopic (exact) mass is 474 g/mol. The lowest BCUT2D eigenvalue weighted by atomic mass is 10.1. The Labute approximate surface area is 190 Å². The van der Waals surface area contributed by atoms with Crippen molar-refractivity contribution >= 4 is 32.4 Å². The molecule has 1 aliphatic rings. The smallest absolute Gasteiger partial charge is 0.257 e. The molecular weight excluding hydrogens is 451 g/mol. The fourth-order valence-electron chi connectivity index (χ4n) is 3.47. The summed E-state index contributed by atoms with van der Waals surface area (Å²) in [6, 6.07) is 12.0. The SMILES string of the molecule is Cc1sc(NC(=O)c2cccc(S(=O)(=O)N3CCN(C)CC3)c2)nc1-c1ccc(F)cc1. The molecular formula is C22H23FN4O3S2. The lowest BCUT2D eigenvalue weighted by molar-refractivity contribution is 0.102. The first-order valence-corrected chi connectivity index (χ1v) is 12.3. The number of aryl methyl sites for hydroxylation is 1. The van der Waals surface area contributed by atoms with Gasteiger partial charge in [-0.05, 0) is 56.4 Å². The van der Waals surface area contributed by atoms with Gasteiger partial charge < -0.3 is 4.90 Å². The van der Waals surface area contributed by atoms with Crippen LogP contribution in [0.4, 0.5) is 9.52 Å². The second-order valence-electron chi connectivity index (χ2n) is 7.62. The molecule has 10 heteroatoms. The molecule has 4 rings (SSSR count). The number of likely N-dealkylation sites (N-methyl/N-ethyl adjacent to an activating group) is 1. The van der Waals surface area contributed by atoms with E-state index in [0.29, 0.717) is 37.0 Å². The van der Waals surface area contributed by atoms with Gasteiger partial charge in [0.15, 0.2) is 5.13 Å². The molecule has 2 aromatic carbocycles. The zero-order chi connectivity index (χ0) is 22.9. The van der Waals surface area contributed by atoms with Crippen LogP contribution >= 0.6 is 11.3 Å². The lowest BCUT2D eigenvalue weighted by Gasteiger charge is -2.31. The van der Waals surface area contributed by atoms with Gasteiger partial charge in [0.2, 0.25) is 10.0 Å². The second kappa shape index (κ2) is 9.07. The fraction of sp³-hybridized carbons (Fsp3) is 0.273. The molecule has 0 spiro atoms. The van der Waals surface area contributed by atoms with E-state index >= 15 is 0 Å². The molecule has 0 aliphatic carbocycles. The van der Waals surface area contributed by atoms with Crippen LogP contribution < -0.4 is 5.32 Å². The number of amides is 1. The lowest BCUT2D eigenvalue weighted by Crippen LogP contribution is -2.47. The second-order valence-corrected chi connectivity index (χ2v) is 10.8. The van der Waals surface area contributed by atoms with E-state index in [1.807, 2.05) is 14.0 Å². The van der Waals surface area contributed by atoms with Gasteiger partial charge in [0.25, 0.3) is 5.91 Å². The van der Waals surface area contributed by atoms with Gasteiger partial charge in [-0.1, -0.05) is 6.07 Å². The number of benzene rings is 2. The molecule has 32 heavy (non-hydrogen) atoms. The van der Waals surface area contributed by atoms with Crippen molar-refractivity contribution in [1.82, 2.24) is 14.2 Å². The van der Waals surface area contributed by atoms with Crippen LogP contribution in [0.1, 0.15) is 15.2 Å². The van der Waals surface area contributed by atoms with E-state index in [1.54, 1.807) is 24.3 Å². The Morgan fingerprint density at radius 1 is 1.09 bits per heavy atom. The largest absolute Gasteiger partial charge is 0.304 e. The van der Waals surface area contributed by atoms with Crippen LogP contribution in [0.15, 0.2) is 53.4 Å². The van der Waals surface area contributed by atoms with Crippen molar-refractivity contribution in [2.45, 2.75) is 11.8 Å². The van der Waals surface area contributed by atoms with Gasteiger partial charge in [-0.2, -0.15) is 4.31 Å². The van der Waals surface area contributed by atoms with Gasteiger partial charge in [0.05, 0.1) is 10.6 Å². The fourth-order valence-corrected chi connectivity index (χ4v) is 5.77. The van der Waals surface area contributed by atoms with Crippen molar-refractivity contribution in [2.24, 2.45) is 0 Å². The number of anilines is 1. The van der Waals surface area contributed by atoms with Crippen molar-refractivity contribution in [1.29, 1.82) is 0 Å². The minimum absolute atomic E-state index is 0.0945. The van der Waals surface area contributed by atoms with Crippen LogP contribution in [0.25, 0.3) is 11.3 Å². The third-order valence-electron chi connectivity index (χ3n) is 5.33. The predicted octanol–water partition coefficient (Wildman–Crippen LogP) is 3.45. The zero-order valence-corrected chi connectivity index (χ0v) is 19.3. The number of aromatic nitrogens is 1. The van der Waals surface area contributed by atoms with Gasteiger partial charge in [0, 0.05) is 42.2 Å². The number of carbonyl (C=O) groups is 1. The molecule has 2 heterocycles. The molecule has 3 aromatic rings. The van der Waals surface area contributed by atoms with Crippen LogP contribution in [0.2, 0.25) is 0 Å². The number of halogens is 1. The number of rotatable bonds is 5. The van der Waals surface area contributed by atoms with Crippen LogP contribution in [-0.4, -0.2) is 61.7 Å². The highest BCUT2D eigenvalue weighted by Gasteiger charge is 2.28. The maximum absolute atomic E-state index is 13.2. The number of hydrogen-bond donors (Lipinski definition) is 1. The van der Waals surface area contributed by atoms with Crippen molar-refractivity contribution in [3.8, 4) is 11.3 Å². The zero-order valence-electron chi connectivity index (χ0n) is 17.7. The quantitative estimate of drug-likeness (QED) is 0.613. The average molecular weight is 475 g/mol. The Hall–Kier alpha value is -2.66. The third kappa shape index (κ3) is 4.73. The van der Waals surface area contributed by atoms with Crippen LogP contribution in [0.3, 0.4) is 0 Å². The normalized spacial score (nSPS) is 15.6. The average Bonchev–Trinajstić information content (AvgIpc) is 3.14. The summed E-state index contributed by atoms with van der Waals surface area (Å²) in [5.74, 6) is -0.776. The third-order valence-corrected chi connectivity index (χ3v) is 8.11. The molecule has 0 radical (unpaired) electrons. The van der Waals surface area contributed by atoms with Gasteiger partial charge in [-0.3, -0.25) is 10.1 Å². The summed E-state index contributed by atoms with van der Waals surface area (Å²) in [6.45, 7) is 4.03. The van der Waals surface area contributed by atoms with Crippen molar-refractivity contribution < 1.29 is 17.6 Å². The number of carbonyl (C=O) groups excluding carboxylic acids is 1. The molecule has 168 valence electrons. The highest BCUT2D eigenvalue weighted by molar-refractivity contribution is 7.89. The molecule has 7 nitrogen and oxygen atoms in total. The Morgan fingerprint density at radius 2 is 1.78 bits per heavy atom. The molecule has 1 N–H and O–H groups in total. The number of nitrogens with one attached hydrogen (secondary N) is 1. The molecule has 1 amide bonds. The summed E-state index contributed by atoms with van der Waals surface area (Å²) in [4.78, 5) is 20.3. The molecule has 1 saturated heterocycles. The maximum Gasteiger partial charge on any atom is 0.257 e.